The van der Waals surface area contributed by atoms with Crippen molar-refractivity contribution in [2.75, 3.05) is 23.7 Å². The molecule has 1 heterocycles. The number of anilines is 2. The van der Waals surface area contributed by atoms with Crippen LogP contribution in [0.1, 0.15) is 13.8 Å². The summed E-state index contributed by atoms with van der Waals surface area (Å²) < 4.78 is 5.62. The van der Waals surface area contributed by atoms with Crippen molar-refractivity contribution in [3.05, 3.63) is 18.2 Å². The molecular formula is C13H20N2O3. The quantitative estimate of drug-likeness (QED) is 0.686. The van der Waals surface area contributed by atoms with Crippen LogP contribution in [0.2, 0.25) is 0 Å². The normalized spacial score (nSPS) is 23.7. The van der Waals surface area contributed by atoms with E-state index in [1.807, 2.05) is 30.9 Å². The van der Waals surface area contributed by atoms with Crippen LogP contribution in [-0.4, -0.2) is 41.6 Å². The fourth-order valence-corrected chi connectivity index (χ4v) is 2.11. The summed E-state index contributed by atoms with van der Waals surface area (Å²) in [6.07, 6.45) is -1.34. The first-order chi connectivity index (χ1) is 8.45. The second-order valence-electron chi connectivity index (χ2n) is 4.97. The molecule has 5 heteroatoms. The van der Waals surface area contributed by atoms with E-state index in [4.69, 9.17) is 10.5 Å². The minimum atomic E-state index is -0.708. The topological polar surface area (TPSA) is 79.0 Å². The third-order valence-corrected chi connectivity index (χ3v) is 2.91. The average molecular weight is 252 g/mol. The van der Waals surface area contributed by atoms with Gasteiger partial charge in [-0.15, -0.1) is 0 Å². The van der Waals surface area contributed by atoms with Crippen LogP contribution in [0.3, 0.4) is 0 Å². The predicted molar refractivity (Wildman–Crippen MR) is 70.8 cm³/mol. The van der Waals surface area contributed by atoms with Gasteiger partial charge in [0.15, 0.2) is 0 Å². The summed E-state index contributed by atoms with van der Waals surface area (Å²) in [4.78, 5) is 1.90. The Morgan fingerprint density at radius 2 is 1.83 bits per heavy atom. The molecular weight excluding hydrogens is 232 g/mol. The van der Waals surface area contributed by atoms with Gasteiger partial charge in [-0.2, -0.15) is 0 Å². The maximum absolute atomic E-state index is 9.56. The maximum atomic E-state index is 9.56. The molecule has 1 aromatic rings. The number of hydrogen-bond acceptors (Lipinski definition) is 5. The lowest BCUT2D eigenvalue weighted by molar-refractivity contribution is 0.0572. The number of nitrogens with two attached hydrogens (primary N) is 1. The summed E-state index contributed by atoms with van der Waals surface area (Å²) in [5.41, 5.74) is 7.31. The van der Waals surface area contributed by atoms with E-state index in [2.05, 4.69) is 0 Å². The van der Waals surface area contributed by atoms with Crippen LogP contribution in [0.25, 0.3) is 0 Å². The lowest BCUT2D eigenvalue weighted by Gasteiger charge is -2.20. The first-order valence-corrected chi connectivity index (χ1v) is 6.14. The maximum Gasteiger partial charge on any atom is 0.123 e. The molecule has 0 bridgehead atoms. The van der Waals surface area contributed by atoms with Crippen LogP contribution in [0.4, 0.5) is 11.4 Å². The number of rotatable bonds is 3. The van der Waals surface area contributed by atoms with E-state index in [9.17, 15) is 10.2 Å². The predicted octanol–water partition coefficient (Wildman–Crippen LogP) is 0.598. The molecule has 1 aliphatic rings. The third-order valence-electron chi connectivity index (χ3n) is 2.91. The number of hydrogen-bond donors (Lipinski definition) is 3. The van der Waals surface area contributed by atoms with Gasteiger partial charge in [0.1, 0.15) is 5.75 Å². The lowest BCUT2D eigenvalue weighted by atomic mass is 10.2. The molecule has 1 aliphatic heterocycles. The number of β-amino-alcohol motifs (C(OH)–C–C–N with tert-alkyl or cyclic N) is 2. The summed E-state index contributed by atoms with van der Waals surface area (Å²) >= 11 is 0. The molecule has 2 unspecified atom stereocenters. The summed E-state index contributed by atoms with van der Waals surface area (Å²) in [5, 5.41) is 19.1. The molecule has 1 fully saturated rings. The molecule has 1 saturated heterocycles. The summed E-state index contributed by atoms with van der Waals surface area (Å²) in [6, 6.07) is 5.46. The van der Waals surface area contributed by atoms with E-state index < -0.39 is 12.2 Å². The van der Waals surface area contributed by atoms with Crippen molar-refractivity contribution in [1.29, 1.82) is 0 Å². The minimum absolute atomic E-state index is 0.0782. The molecule has 2 atom stereocenters. The summed E-state index contributed by atoms with van der Waals surface area (Å²) in [7, 11) is 0. The molecule has 18 heavy (non-hydrogen) atoms. The fourth-order valence-electron chi connectivity index (χ4n) is 2.11. The molecule has 100 valence electrons. The molecule has 1 aromatic carbocycles. The Kier molecular flexibility index (Phi) is 3.63. The van der Waals surface area contributed by atoms with Gasteiger partial charge in [0.2, 0.25) is 0 Å². The molecule has 0 amide bonds. The van der Waals surface area contributed by atoms with Crippen LogP contribution in [0.15, 0.2) is 18.2 Å². The zero-order valence-corrected chi connectivity index (χ0v) is 10.7. The highest BCUT2D eigenvalue weighted by Crippen LogP contribution is 2.28. The van der Waals surface area contributed by atoms with Crippen molar-refractivity contribution in [1.82, 2.24) is 0 Å². The van der Waals surface area contributed by atoms with Crippen molar-refractivity contribution < 1.29 is 14.9 Å². The van der Waals surface area contributed by atoms with Crippen LogP contribution in [0.5, 0.6) is 5.75 Å². The first-order valence-electron chi connectivity index (χ1n) is 6.14. The van der Waals surface area contributed by atoms with Crippen molar-refractivity contribution in [2.45, 2.75) is 32.2 Å². The molecule has 4 N–H and O–H groups in total. The van der Waals surface area contributed by atoms with E-state index in [0.29, 0.717) is 24.5 Å². The van der Waals surface area contributed by atoms with Gasteiger partial charge < -0.3 is 25.6 Å². The summed E-state index contributed by atoms with van der Waals surface area (Å²) in [6.45, 7) is 4.72. The lowest BCUT2D eigenvalue weighted by Crippen LogP contribution is -2.22. The number of aliphatic hydroxyl groups is 2. The Labute approximate surface area is 107 Å². The van der Waals surface area contributed by atoms with Gasteiger partial charge in [-0.1, -0.05) is 0 Å². The Hall–Kier alpha value is -1.46. The van der Waals surface area contributed by atoms with E-state index in [0.717, 1.165) is 5.69 Å². The second kappa shape index (κ2) is 5.04. The molecule has 0 saturated carbocycles. The van der Waals surface area contributed by atoms with Crippen molar-refractivity contribution >= 4 is 11.4 Å². The van der Waals surface area contributed by atoms with Gasteiger partial charge in [0, 0.05) is 36.6 Å². The number of aliphatic hydroxyl groups excluding tert-OH is 2. The smallest absolute Gasteiger partial charge is 0.123 e. The van der Waals surface area contributed by atoms with E-state index >= 15 is 0 Å². The van der Waals surface area contributed by atoms with Gasteiger partial charge in [0.05, 0.1) is 18.3 Å². The van der Waals surface area contributed by atoms with Gasteiger partial charge in [-0.3, -0.25) is 0 Å². The minimum Gasteiger partial charge on any atom is -0.491 e. The standard InChI is InChI=1S/C13H20N2O3/c1-8(2)18-11-4-9(14)3-10(5-11)15-6-12(16)13(17)7-15/h3-5,8,12-13,16-17H,6-7,14H2,1-2H3. The van der Waals surface area contributed by atoms with Gasteiger partial charge in [-0.25, -0.2) is 0 Å². The Balaban J connectivity index is 2.20. The number of nitrogen functional groups attached to an aromatic ring is 1. The van der Waals surface area contributed by atoms with Crippen molar-refractivity contribution in [3.8, 4) is 5.75 Å². The van der Waals surface area contributed by atoms with Gasteiger partial charge >= 0.3 is 0 Å². The molecule has 2 rings (SSSR count). The van der Waals surface area contributed by atoms with E-state index in [1.54, 1.807) is 6.07 Å². The highest BCUT2D eigenvalue weighted by molar-refractivity contribution is 5.61. The second-order valence-corrected chi connectivity index (χ2v) is 4.97. The summed E-state index contributed by atoms with van der Waals surface area (Å²) in [5.74, 6) is 0.705. The first kappa shape index (κ1) is 13.0. The zero-order chi connectivity index (χ0) is 13.3. The molecule has 0 spiro atoms. The monoisotopic (exact) mass is 252 g/mol. The van der Waals surface area contributed by atoms with E-state index in [-0.39, 0.29) is 6.10 Å². The van der Waals surface area contributed by atoms with Gasteiger partial charge in [-0.05, 0) is 19.9 Å². The van der Waals surface area contributed by atoms with Crippen molar-refractivity contribution in [3.63, 3.8) is 0 Å². The Bertz CT molecular complexity index is 413. The molecule has 0 aliphatic carbocycles. The van der Waals surface area contributed by atoms with Crippen LogP contribution in [0, 0.1) is 0 Å². The SMILES string of the molecule is CC(C)Oc1cc(N)cc(N2CC(O)C(O)C2)c1. The molecule has 0 radical (unpaired) electrons. The van der Waals surface area contributed by atoms with Crippen LogP contribution >= 0.6 is 0 Å². The molecule has 5 nitrogen and oxygen atoms in total. The average Bonchev–Trinajstić information content (AvgIpc) is 2.57. The van der Waals surface area contributed by atoms with Gasteiger partial charge in [0.25, 0.3) is 0 Å². The number of benzene rings is 1. The number of nitrogens with zero attached hydrogens (tertiary/aromatic N) is 1. The third kappa shape index (κ3) is 2.86. The highest BCUT2D eigenvalue weighted by Gasteiger charge is 2.29. The van der Waals surface area contributed by atoms with E-state index in [1.165, 1.54) is 0 Å². The Morgan fingerprint density at radius 1 is 1.22 bits per heavy atom. The Morgan fingerprint density at radius 3 is 2.39 bits per heavy atom. The fraction of sp³-hybridized carbons (Fsp3) is 0.538. The van der Waals surface area contributed by atoms with Crippen molar-refractivity contribution in [2.24, 2.45) is 0 Å². The zero-order valence-electron chi connectivity index (χ0n) is 10.7. The van der Waals surface area contributed by atoms with Crippen LogP contribution < -0.4 is 15.4 Å². The number of ether oxygens (including phenoxy) is 1. The highest BCUT2D eigenvalue weighted by atomic mass is 16.5. The largest absolute Gasteiger partial charge is 0.491 e. The van der Waals surface area contributed by atoms with Crippen LogP contribution in [-0.2, 0) is 0 Å². The molecule has 0 aromatic heterocycles.